The summed E-state index contributed by atoms with van der Waals surface area (Å²) < 4.78 is 26.3. The van der Waals surface area contributed by atoms with Crippen LogP contribution in [0.1, 0.15) is 17.7 Å². The van der Waals surface area contributed by atoms with Gasteiger partial charge in [-0.25, -0.2) is 13.5 Å². The molecule has 20 heavy (non-hydrogen) atoms. The first-order chi connectivity index (χ1) is 9.45. The second-order valence-electron chi connectivity index (χ2n) is 3.66. The molecule has 1 aromatic carbocycles. The number of rotatable bonds is 3. The Balaban J connectivity index is 2.66. The lowest BCUT2D eigenvalue weighted by Crippen LogP contribution is -1.98. The highest BCUT2D eigenvalue weighted by atomic mass is 35.5. The van der Waals surface area contributed by atoms with Gasteiger partial charge in [-0.2, -0.15) is 10.4 Å². The molecule has 0 amide bonds. The minimum Gasteiger partial charge on any atom is -0.258 e. The quantitative estimate of drug-likeness (QED) is 0.643. The van der Waals surface area contributed by atoms with Crippen LogP contribution in [-0.4, -0.2) is 14.7 Å². The Labute approximate surface area is 116 Å². The first kappa shape index (κ1) is 13.9. The van der Waals surface area contributed by atoms with E-state index in [2.05, 4.69) is 5.10 Å². The Hall–Kier alpha value is -2.53. The highest BCUT2D eigenvalue weighted by Gasteiger charge is 2.32. The zero-order chi connectivity index (χ0) is 14.9. The molecule has 2 rings (SSSR count). The summed E-state index contributed by atoms with van der Waals surface area (Å²) in [7, 11) is 0. The molecular weight excluding hydrogens is 294 g/mol. The van der Waals surface area contributed by atoms with Crippen LogP contribution in [0, 0.1) is 21.4 Å². The van der Waals surface area contributed by atoms with Crippen molar-refractivity contribution >= 4 is 17.3 Å². The van der Waals surface area contributed by atoms with Gasteiger partial charge in [-0.05, 0) is 18.2 Å². The molecule has 0 aliphatic carbocycles. The molecule has 0 spiro atoms. The van der Waals surface area contributed by atoms with Crippen LogP contribution in [0.2, 0.25) is 5.15 Å². The van der Waals surface area contributed by atoms with Crippen LogP contribution in [0.3, 0.4) is 0 Å². The molecule has 1 aromatic heterocycles. The van der Waals surface area contributed by atoms with Crippen LogP contribution >= 0.6 is 11.6 Å². The minimum atomic E-state index is -3.13. The number of nitrogens with zero attached hydrogens (tertiary/aromatic N) is 4. The molecule has 0 saturated carbocycles. The van der Waals surface area contributed by atoms with E-state index in [9.17, 15) is 18.9 Å². The summed E-state index contributed by atoms with van der Waals surface area (Å²) in [6, 6.07) is 7.61. The molecule has 0 atom stereocenters. The molecule has 0 unspecified atom stereocenters. The Morgan fingerprint density at radius 2 is 2.20 bits per heavy atom. The van der Waals surface area contributed by atoms with Crippen LogP contribution in [0.4, 0.5) is 14.5 Å². The van der Waals surface area contributed by atoms with E-state index in [1.54, 1.807) is 0 Å². The second-order valence-corrected chi connectivity index (χ2v) is 4.01. The number of halogens is 3. The topological polar surface area (TPSA) is 84.8 Å². The van der Waals surface area contributed by atoms with Crippen molar-refractivity contribution in [2.45, 2.75) is 6.43 Å². The minimum absolute atomic E-state index is 0.184. The number of benzene rings is 1. The molecule has 0 aliphatic heterocycles. The SMILES string of the molecule is N#Cc1cccc(-n2nc(C(F)F)c([N+](=O)[O-])c2Cl)c1. The van der Waals surface area contributed by atoms with Crippen molar-refractivity contribution in [3.8, 4) is 11.8 Å². The molecule has 2 aromatic rings. The summed E-state index contributed by atoms with van der Waals surface area (Å²) in [5, 5.41) is 22.5. The molecule has 0 radical (unpaired) electrons. The number of hydrogen-bond donors (Lipinski definition) is 0. The predicted octanol–water partition coefficient (Wildman–Crippen LogP) is 3.24. The number of nitriles is 1. The first-order valence-corrected chi connectivity index (χ1v) is 5.55. The van der Waals surface area contributed by atoms with Crippen molar-refractivity contribution in [2.24, 2.45) is 0 Å². The van der Waals surface area contributed by atoms with Gasteiger partial charge in [-0.15, -0.1) is 0 Å². The van der Waals surface area contributed by atoms with Gasteiger partial charge in [-0.3, -0.25) is 10.1 Å². The van der Waals surface area contributed by atoms with Gasteiger partial charge in [0.25, 0.3) is 6.43 Å². The molecule has 1 heterocycles. The van der Waals surface area contributed by atoms with E-state index in [0.717, 1.165) is 4.68 Å². The number of alkyl halides is 2. The predicted molar refractivity (Wildman–Crippen MR) is 64.9 cm³/mol. The van der Waals surface area contributed by atoms with Gasteiger partial charge >= 0.3 is 5.69 Å². The molecule has 0 bridgehead atoms. The highest BCUT2D eigenvalue weighted by Crippen LogP contribution is 2.35. The van der Waals surface area contributed by atoms with Gasteiger partial charge in [0.1, 0.15) is 0 Å². The summed E-state index contributed by atoms with van der Waals surface area (Å²) in [6.45, 7) is 0. The third-order valence-electron chi connectivity index (χ3n) is 2.44. The van der Waals surface area contributed by atoms with E-state index < -0.39 is 27.9 Å². The fourth-order valence-electron chi connectivity index (χ4n) is 1.60. The van der Waals surface area contributed by atoms with Gasteiger partial charge in [-0.1, -0.05) is 17.7 Å². The summed E-state index contributed by atoms with van der Waals surface area (Å²) >= 11 is 5.74. The Bertz CT molecular complexity index is 724. The standard InChI is InChI=1S/C11H5ClF2N4O2/c12-10-9(18(19)20)8(11(13)14)16-17(10)7-3-1-2-6(4-7)5-15/h1-4,11H. The molecular formula is C11H5ClF2N4O2. The first-order valence-electron chi connectivity index (χ1n) is 5.17. The lowest BCUT2D eigenvalue weighted by Gasteiger charge is -2.02. The normalized spacial score (nSPS) is 10.6. The largest absolute Gasteiger partial charge is 0.335 e. The van der Waals surface area contributed by atoms with E-state index >= 15 is 0 Å². The van der Waals surface area contributed by atoms with Crippen molar-refractivity contribution in [3.63, 3.8) is 0 Å². The van der Waals surface area contributed by atoms with Gasteiger partial charge in [0, 0.05) is 0 Å². The van der Waals surface area contributed by atoms with Crippen molar-refractivity contribution in [1.82, 2.24) is 9.78 Å². The average Bonchev–Trinajstić information content (AvgIpc) is 2.77. The lowest BCUT2D eigenvalue weighted by atomic mass is 10.2. The van der Waals surface area contributed by atoms with Crippen LogP contribution < -0.4 is 0 Å². The smallest absolute Gasteiger partial charge is 0.258 e. The van der Waals surface area contributed by atoms with Crippen LogP contribution in [0.5, 0.6) is 0 Å². The maximum atomic E-state index is 12.8. The average molecular weight is 299 g/mol. The van der Waals surface area contributed by atoms with Crippen LogP contribution in [0.15, 0.2) is 24.3 Å². The van der Waals surface area contributed by atoms with Gasteiger partial charge in [0.2, 0.25) is 10.8 Å². The van der Waals surface area contributed by atoms with Crippen molar-refractivity contribution in [1.29, 1.82) is 5.26 Å². The Morgan fingerprint density at radius 1 is 1.50 bits per heavy atom. The van der Waals surface area contributed by atoms with Crippen LogP contribution in [0.25, 0.3) is 5.69 Å². The summed E-state index contributed by atoms with van der Waals surface area (Å²) in [4.78, 5) is 9.78. The number of aromatic nitrogens is 2. The van der Waals surface area contributed by atoms with Crippen molar-refractivity contribution in [2.75, 3.05) is 0 Å². The Morgan fingerprint density at radius 3 is 2.70 bits per heavy atom. The molecule has 9 heteroatoms. The van der Waals surface area contributed by atoms with E-state index in [1.165, 1.54) is 24.3 Å². The maximum absolute atomic E-state index is 12.8. The van der Waals surface area contributed by atoms with Gasteiger partial charge < -0.3 is 0 Å². The third kappa shape index (κ3) is 2.31. The molecule has 102 valence electrons. The van der Waals surface area contributed by atoms with E-state index in [-0.39, 0.29) is 11.3 Å². The number of nitro groups is 1. The zero-order valence-electron chi connectivity index (χ0n) is 9.63. The summed E-state index contributed by atoms with van der Waals surface area (Å²) in [5.41, 5.74) is -1.52. The summed E-state index contributed by atoms with van der Waals surface area (Å²) in [5.74, 6) is 0. The monoisotopic (exact) mass is 298 g/mol. The van der Waals surface area contributed by atoms with Crippen molar-refractivity contribution < 1.29 is 13.7 Å². The molecule has 6 nitrogen and oxygen atoms in total. The summed E-state index contributed by atoms with van der Waals surface area (Å²) in [6.07, 6.45) is -3.13. The maximum Gasteiger partial charge on any atom is 0.335 e. The van der Waals surface area contributed by atoms with Gasteiger partial charge in [0.05, 0.1) is 22.2 Å². The molecule has 0 aliphatic rings. The van der Waals surface area contributed by atoms with E-state index in [4.69, 9.17) is 16.9 Å². The van der Waals surface area contributed by atoms with Gasteiger partial charge in [0.15, 0.2) is 0 Å². The molecule has 0 saturated heterocycles. The zero-order valence-corrected chi connectivity index (χ0v) is 10.4. The third-order valence-corrected chi connectivity index (χ3v) is 2.78. The highest BCUT2D eigenvalue weighted by molar-refractivity contribution is 6.32. The molecule has 0 fully saturated rings. The van der Waals surface area contributed by atoms with Crippen molar-refractivity contribution in [3.05, 3.63) is 50.8 Å². The fourth-order valence-corrected chi connectivity index (χ4v) is 1.90. The van der Waals surface area contributed by atoms with E-state index in [1.807, 2.05) is 6.07 Å². The fraction of sp³-hybridized carbons (Fsp3) is 0.0909. The lowest BCUT2D eigenvalue weighted by molar-refractivity contribution is -0.386. The molecule has 0 N–H and O–H groups in total. The number of hydrogen-bond acceptors (Lipinski definition) is 4. The Kier molecular flexibility index (Phi) is 3.63. The van der Waals surface area contributed by atoms with Crippen LogP contribution in [-0.2, 0) is 0 Å². The van der Waals surface area contributed by atoms with E-state index in [0.29, 0.717) is 0 Å². The second kappa shape index (κ2) is 5.22.